The summed E-state index contributed by atoms with van der Waals surface area (Å²) in [5, 5.41) is 4.83. The molecule has 0 saturated heterocycles. The number of ketones is 1. The molecule has 0 aromatic carbocycles. The number of rotatable bonds is 5. The van der Waals surface area contributed by atoms with Crippen LogP contribution in [0.4, 0.5) is 19.0 Å². The summed E-state index contributed by atoms with van der Waals surface area (Å²) in [6, 6.07) is 2.95. The topological polar surface area (TPSA) is 58.1 Å². The van der Waals surface area contributed by atoms with Gasteiger partial charge in [-0.25, -0.2) is 4.98 Å². The first kappa shape index (κ1) is 23.7. The molecule has 0 atom stereocenters. The van der Waals surface area contributed by atoms with Crippen LogP contribution in [-0.4, -0.2) is 34.2 Å². The summed E-state index contributed by atoms with van der Waals surface area (Å²) in [5.74, 6) is 5.39. The second-order valence-electron chi connectivity index (χ2n) is 7.79. The average molecular weight is 483 g/mol. The highest BCUT2D eigenvalue weighted by molar-refractivity contribution is 7.10. The fourth-order valence-corrected chi connectivity index (χ4v) is 4.92. The van der Waals surface area contributed by atoms with Crippen LogP contribution in [0, 0.1) is 11.8 Å². The lowest BCUT2D eigenvalue weighted by atomic mass is 10.0. The van der Waals surface area contributed by atoms with Crippen molar-refractivity contribution in [3.05, 3.63) is 80.9 Å². The van der Waals surface area contributed by atoms with E-state index in [-0.39, 0.29) is 5.56 Å². The van der Waals surface area contributed by atoms with Gasteiger partial charge in [0.25, 0.3) is 0 Å². The van der Waals surface area contributed by atoms with Crippen LogP contribution in [0.5, 0.6) is 0 Å². The van der Waals surface area contributed by atoms with E-state index < -0.39 is 17.5 Å². The van der Waals surface area contributed by atoms with Crippen molar-refractivity contribution in [1.29, 1.82) is 0 Å². The number of Topliss-reactive ketones (excluding diaryl/α,β-unsaturated/α-hetero) is 1. The zero-order valence-corrected chi connectivity index (χ0v) is 19.2. The van der Waals surface area contributed by atoms with Gasteiger partial charge in [-0.1, -0.05) is 18.6 Å². The van der Waals surface area contributed by atoms with Gasteiger partial charge in [0.15, 0.2) is 0 Å². The molecule has 9 heteroatoms. The molecule has 0 bridgehead atoms. The Balaban J connectivity index is 1.46. The monoisotopic (exact) mass is 482 g/mol. The Morgan fingerprint density at radius 3 is 2.88 bits per heavy atom. The van der Waals surface area contributed by atoms with Gasteiger partial charge in [-0.05, 0) is 35.6 Å². The summed E-state index contributed by atoms with van der Waals surface area (Å²) < 4.78 is 38.6. The molecule has 34 heavy (non-hydrogen) atoms. The number of anilines is 1. The third kappa shape index (κ3) is 5.19. The Bertz CT molecular complexity index is 1300. The smallest absolute Gasteiger partial charge is 0.373 e. The fourth-order valence-electron chi connectivity index (χ4n) is 3.80. The van der Waals surface area contributed by atoms with Gasteiger partial charge < -0.3 is 5.32 Å². The van der Waals surface area contributed by atoms with E-state index in [1.54, 1.807) is 11.5 Å². The minimum Gasteiger partial charge on any atom is -0.373 e. The molecule has 1 aliphatic rings. The fraction of sp³-hybridized carbons (Fsp3) is 0.240. The minimum atomic E-state index is -4.51. The minimum absolute atomic E-state index is 0.0511. The van der Waals surface area contributed by atoms with Crippen LogP contribution >= 0.6 is 11.3 Å². The van der Waals surface area contributed by atoms with Gasteiger partial charge in [-0.2, -0.15) is 13.2 Å². The maximum absolute atomic E-state index is 12.9. The second kappa shape index (κ2) is 9.79. The van der Waals surface area contributed by atoms with Crippen LogP contribution < -0.4 is 5.32 Å². The number of hydrogen-bond donors (Lipinski definition) is 1. The van der Waals surface area contributed by atoms with Crippen molar-refractivity contribution in [2.45, 2.75) is 25.7 Å². The van der Waals surface area contributed by atoms with Gasteiger partial charge in [-0.15, -0.1) is 11.3 Å². The Labute approximate surface area is 199 Å². The molecule has 4 rings (SSSR count). The molecule has 0 amide bonds. The van der Waals surface area contributed by atoms with Crippen LogP contribution in [-0.2, 0) is 25.7 Å². The molecule has 0 spiro atoms. The predicted octanol–water partition coefficient (Wildman–Crippen LogP) is 5.03. The summed E-state index contributed by atoms with van der Waals surface area (Å²) in [6.45, 7) is 6.03. The number of carbonyl (C=O) groups excluding carboxylic acids is 1. The molecule has 0 radical (unpaired) electrons. The first-order valence-corrected chi connectivity index (χ1v) is 11.4. The molecular formula is C25H21F3N4OS. The number of fused-ring (bicyclic) bond motifs is 1. The van der Waals surface area contributed by atoms with Gasteiger partial charge >= 0.3 is 6.18 Å². The number of carbonyl (C=O) groups is 1. The number of alkyl halides is 3. The normalized spacial score (nSPS) is 13.5. The largest absolute Gasteiger partial charge is 0.417 e. The van der Waals surface area contributed by atoms with Crippen LogP contribution in [0.25, 0.3) is 6.08 Å². The molecule has 0 saturated carbocycles. The van der Waals surface area contributed by atoms with E-state index in [2.05, 4.69) is 44.7 Å². The van der Waals surface area contributed by atoms with Crippen molar-refractivity contribution in [1.82, 2.24) is 14.9 Å². The third-order valence-corrected chi connectivity index (χ3v) is 6.51. The van der Waals surface area contributed by atoms with Crippen molar-refractivity contribution in [2.24, 2.45) is 0 Å². The molecule has 174 valence electrons. The lowest BCUT2D eigenvalue weighted by molar-refractivity contribution is -0.137. The molecule has 1 aliphatic heterocycles. The van der Waals surface area contributed by atoms with E-state index in [1.807, 2.05) is 13.2 Å². The lowest BCUT2D eigenvalue weighted by Crippen LogP contribution is -2.29. The first-order valence-electron chi connectivity index (χ1n) is 10.5. The van der Waals surface area contributed by atoms with E-state index in [9.17, 15) is 18.0 Å². The number of thiophene rings is 1. The van der Waals surface area contributed by atoms with Gasteiger partial charge in [0.2, 0.25) is 5.78 Å². The molecule has 3 aromatic rings. The van der Waals surface area contributed by atoms with E-state index >= 15 is 0 Å². The molecule has 4 heterocycles. The Kier molecular flexibility index (Phi) is 6.82. The van der Waals surface area contributed by atoms with Crippen molar-refractivity contribution in [3.63, 3.8) is 0 Å². The summed E-state index contributed by atoms with van der Waals surface area (Å²) in [6.07, 6.45) is 1.75. The molecule has 1 N–H and O–H groups in total. The number of halogens is 3. The highest BCUT2D eigenvalue weighted by atomic mass is 32.1. The van der Waals surface area contributed by atoms with Crippen LogP contribution in [0.1, 0.15) is 43.1 Å². The third-order valence-electron chi connectivity index (χ3n) is 5.49. The Morgan fingerprint density at radius 1 is 1.32 bits per heavy atom. The van der Waals surface area contributed by atoms with Gasteiger partial charge in [0.1, 0.15) is 5.82 Å². The summed E-state index contributed by atoms with van der Waals surface area (Å²) in [7, 11) is 1.82. The second-order valence-corrected chi connectivity index (χ2v) is 8.75. The SMILES string of the molecule is C=Cc1cc(CN2CCc3c(C(=O)C#Cc4cncc(C(F)(F)F)c4)csc3C2)cnc1NC. The van der Waals surface area contributed by atoms with Crippen LogP contribution in [0.3, 0.4) is 0 Å². The lowest BCUT2D eigenvalue weighted by Gasteiger charge is -2.27. The first-order chi connectivity index (χ1) is 16.3. The molecule has 0 fully saturated rings. The predicted molar refractivity (Wildman–Crippen MR) is 126 cm³/mol. The number of aromatic nitrogens is 2. The Hall–Kier alpha value is -3.48. The summed E-state index contributed by atoms with van der Waals surface area (Å²) in [5.41, 5.74) is 2.67. The molecule has 0 unspecified atom stereocenters. The zero-order chi connectivity index (χ0) is 24.3. The quantitative estimate of drug-likeness (QED) is 0.408. The van der Waals surface area contributed by atoms with E-state index in [0.29, 0.717) is 18.5 Å². The zero-order valence-electron chi connectivity index (χ0n) is 18.4. The maximum atomic E-state index is 12.9. The summed E-state index contributed by atoms with van der Waals surface area (Å²) in [4.78, 5) is 24.1. The van der Waals surface area contributed by atoms with Crippen molar-refractivity contribution in [2.75, 3.05) is 18.9 Å². The highest BCUT2D eigenvalue weighted by Gasteiger charge is 2.31. The van der Waals surface area contributed by atoms with Crippen LogP contribution in [0.2, 0.25) is 0 Å². The highest BCUT2D eigenvalue weighted by Crippen LogP contribution is 2.31. The van der Waals surface area contributed by atoms with Crippen molar-refractivity contribution < 1.29 is 18.0 Å². The van der Waals surface area contributed by atoms with Crippen molar-refractivity contribution in [3.8, 4) is 11.8 Å². The van der Waals surface area contributed by atoms with E-state index in [4.69, 9.17) is 0 Å². The molecule has 3 aromatic heterocycles. The van der Waals surface area contributed by atoms with E-state index in [1.165, 1.54) is 17.5 Å². The number of nitrogens with zero attached hydrogens (tertiary/aromatic N) is 3. The molecular weight excluding hydrogens is 461 g/mol. The number of nitrogens with one attached hydrogen (secondary N) is 1. The molecule has 0 aliphatic carbocycles. The summed E-state index contributed by atoms with van der Waals surface area (Å²) >= 11 is 1.50. The average Bonchev–Trinajstić information content (AvgIpc) is 3.25. The van der Waals surface area contributed by atoms with Gasteiger partial charge in [-0.3, -0.25) is 14.7 Å². The Morgan fingerprint density at radius 2 is 2.15 bits per heavy atom. The standard InChI is InChI=1S/C25H21F3N4OS/c1-3-18-8-17(11-31-24(18)29-2)13-32-7-6-20-21(15-34-23(20)14-32)22(33)5-4-16-9-19(12-30-10-16)25(26,27)28/h3,8-12,15H,1,6-7,13-14H2,2H3,(H,29,31). The molecule has 5 nitrogen and oxygen atoms in total. The van der Waals surface area contributed by atoms with E-state index in [0.717, 1.165) is 52.7 Å². The van der Waals surface area contributed by atoms with Crippen molar-refractivity contribution >= 4 is 29.0 Å². The number of hydrogen-bond acceptors (Lipinski definition) is 6. The number of pyridine rings is 2. The van der Waals surface area contributed by atoms with Gasteiger partial charge in [0.05, 0.1) is 5.56 Å². The maximum Gasteiger partial charge on any atom is 0.417 e. The van der Waals surface area contributed by atoms with Gasteiger partial charge in [0, 0.05) is 72.2 Å². The van der Waals surface area contributed by atoms with Crippen LogP contribution in [0.15, 0.2) is 42.7 Å².